The zero-order chi connectivity index (χ0) is 16.7. The molecule has 0 aliphatic carbocycles. The van der Waals surface area contributed by atoms with E-state index >= 15 is 0 Å². The summed E-state index contributed by atoms with van der Waals surface area (Å²) in [6, 6.07) is 10.1. The molecule has 1 N–H and O–H groups in total. The highest BCUT2D eigenvalue weighted by atomic mass is 32.2. The molecule has 1 unspecified atom stereocenters. The minimum absolute atomic E-state index is 0.324. The smallest absolute Gasteiger partial charge is 0.231 e. The van der Waals surface area contributed by atoms with Crippen LogP contribution in [0, 0.1) is 5.92 Å². The molecule has 2 aromatic rings. The second kappa shape index (κ2) is 5.89. The van der Waals surface area contributed by atoms with Gasteiger partial charge in [0.25, 0.3) is 0 Å². The third-order valence-electron chi connectivity index (χ3n) is 5.06. The van der Waals surface area contributed by atoms with Crippen LogP contribution in [0.15, 0.2) is 36.5 Å². The SMILES string of the molecule is CS(=O)(=O)Nc1nn(C2CN3CCC2CC3)cc1-c1ccccc1. The first-order chi connectivity index (χ1) is 11.5. The van der Waals surface area contributed by atoms with Crippen LogP contribution in [0.2, 0.25) is 0 Å². The molecule has 4 heterocycles. The standard InChI is InChI=1S/C17H22N4O2S/c1-24(22,23)19-17-15(13-5-3-2-4-6-13)11-21(18-17)16-12-20-9-7-14(16)8-10-20/h2-6,11,14,16H,7-10,12H2,1H3,(H,18,19). The monoisotopic (exact) mass is 346 g/mol. The van der Waals surface area contributed by atoms with Gasteiger partial charge in [0.15, 0.2) is 5.82 Å². The Hall–Kier alpha value is -1.86. The van der Waals surface area contributed by atoms with Gasteiger partial charge in [-0.15, -0.1) is 0 Å². The van der Waals surface area contributed by atoms with E-state index in [-0.39, 0.29) is 0 Å². The highest BCUT2D eigenvalue weighted by Gasteiger charge is 2.36. The zero-order valence-corrected chi connectivity index (χ0v) is 14.5. The van der Waals surface area contributed by atoms with Crippen LogP contribution >= 0.6 is 0 Å². The molecule has 128 valence electrons. The van der Waals surface area contributed by atoms with Crippen molar-refractivity contribution in [3.05, 3.63) is 36.5 Å². The Morgan fingerprint density at radius 3 is 2.46 bits per heavy atom. The number of rotatable bonds is 4. The first kappa shape index (κ1) is 15.7. The van der Waals surface area contributed by atoms with Crippen LogP contribution in [0.25, 0.3) is 11.1 Å². The van der Waals surface area contributed by atoms with Gasteiger partial charge in [-0.1, -0.05) is 30.3 Å². The fraction of sp³-hybridized carbons (Fsp3) is 0.471. The van der Waals surface area contributed by atoms with Gasteiger partial charge in [0.05, 0.1) is 12.3 Å². The van der Waals surface area contributed by atoms with Crippen molar-refractivity contribution < 1.29 is 8.42 Å². The fourth-order valence-electron chi connectivity index (χ4n) is 3.88. The number of fused-ring (bicyclic) bond motifs is 3. The predicted octanol–water partition coefficient (Wildman–Crippen LogP) is 2.19. The van der Waals surface area contributed by atoms with Crippen LogP contribution in [0.4, 0.5) is 5.82 Å². The topological polar surface area (TPSA) is 67.2 Å². The molecule has 1 aromatic heterocycles. The van der Waals surface area contributed by atoms with Gasteiger partial charge >= 0.3 is 0 Å². The molecule has 0 saturated carbocycles. The molecule has 5 rings (SSSR count). The van der Waals surface area contributed by atoms with Gasteiger partial charge in [-0.3, -0.25) is 9.40 Å². The summed E-state index contributed by atoms with van der Waals surface area (Å²) in [4.78, 5) is 2.47. The van der Waals surface area contributed by atoms with E-state index < -0.39 is 10.0 Å². The van der Waals surface area contributed by atoms with Crippen molar-refractivity contribution >= 4 is 15.8 Å². The van der Waals surface area contributed by atoms with Gasteiger partial charge in [-0.05, 0) is 37.4 Å². The zero-order valence-electron chi connectivity index (χ0n) is 13.7. The lowest BCUT2D eigenvalue weighted by molar-refractivity contribution is 0.0514. The molecular formula is C17H22N4O2S. The maximum absolute atomic E-state index is 11.7. The molecule has 0 spiro atoms. The second-order valence-corrected chi connectivity index (χ2v) is 8.57. The minimum atomic E-state index is -3.37. The van der Waals surface area contributed by atoms with E-state index in [1.807, 2.05) is 41.2 Å². The molecule has 0 amide bonds. The summed E-state index contributed by atoms with van der Waals surface area (Å²) in [7, 11) is -3.37. The van der Waals surface area contributed by atoms with Crippen molar-refractivity contribution in [2.45, 2.75) is 18.9 Å². The number of hydrogen-bond donors (Lipinski definition) is 1. The quantitative estimate of drug-likeness (QED) is 0.921. The average Bonchev–Trinajstić information content (AvgIpc) is 2.98. The van der Waals surface area contributed by atoms with Crippen molar-refractivity contribution in [2.75, 3.05) is 30.6 Å². The Morgan fingerprint density at radius 2 is 1.88 bits per heavy atom. The Labute approximate surface area is 142 Å². The van der Waals surface area contributed by atoms with Crippen LogP contribution < -0.4 is 4.72 Å². The highest BCUT2D eigenvalue weighted by Crippen LogP contribution is 2.37. The first-order valence-corrected chi connectivity index (χ1v) is 10.2. The maximum Gasteiger partial charge on any atom is 0.231 e. The number of nitrogens with zero attached hydrogens (tertiary/aromatic N) is 3. The Kier molecular flexibility index (Phi) is 3.85. The summed E-state index contributed by atoms with van der Waals surface area (Å²) in [6.07, 6.45) is 5.55. The lowest BCUT2D eigenvalue weighted by atomic mass is 9.84. The summed E-state index contributed by atoms with van der Waals surface area (Å²) in [5, 5.41) is 4.61. The predicted molar refractivity (Wildman–Crippen MR) is 94.3 cm³/mol. The van der Waals surface area contributed by atoms with E-state index in [1.54, 1.807) is 0 Å². The molecule has 2 bridgehead atoms. The highest BCUT2D eigenvalue weighted by molar-refractivity contribution is 7.92. The lowest BCUT2D eigenvalue weighted by Gasteiger charge is -2.44. The van der Waals surface area contributed by atoms with Gasteiger partial charge in [-0.25, -0.2) is 8.42 Å². The Bertz CT molecular complexity index is 824. The van der Waals surface area contributed by atoms with Crippen LogP contribution in [0.1, 0.15) is 18.9 Å². The van der Waals surface area contributed by atoms with Crippen LogP contribution in [-0.4, -0.2) is 49.0 Å². The first-order valence-electron chi connectivity index (χ1n) is 8.34. The van der Waals surface area contributed by atoms with Gasteiger partial charge in [0.2, 0.25) is 10.0 Å². The molecule has 3 aliphatic heterocycles. The Balaban J connectivity index is 1.74. The number of aromatic nitrogens is 2. The van der Waals surface area contributed by atoms with E-state index in [4.69, 9.17) is 0 Å². The van der Waals surface area contributed by atoms with Crippen molar-refractivity contribution in [3.63, 3.8) is 0 Å². The van der Waals surface area contributed by atoms with Crippen LogP contribution in [0.5, 0.6) is 0 Å². The number of hydrogen-bond acceptors (Lipinski definition) is 4. The van der Waals surface area contributed by atoms with Crippen molar-refractivity contribution in [1.29, 1.82) is 0 Å². The molecule has 3 fully saturated rings. The number of piperidine rings is 3. The third-order valence-corrected chi connectivity index (χ3v) is 5.62. The van der Waals surface area contributed by atoms with Crippen molar-refractivity contribution in [3.8, 4) is 11.1 Å². The number of nitrogens with one attached hydrogen (secondary N) is 1. The molecule has 6 nitrogen and oxygen atoms in total. The summed E-state index contributed by atoms with van der Waals surface area (Å²) in [5.41, 5.74) is 1.80. The fourth-order valence-corrected chi connectivity index (χ4v) is 4.38. The molecular weight excluding hydrogens is 324 g/mol. The van der Waals surface area contributed by atoms with Gasteiger partial charge in [0, 0.05) is 18.3 Å². The maximum atomic E-state index is 11.7. The molecule has 7 heteroatoms. The molecule has 3 aliphatic rings. The van der Waals surface area contributed by atoms with E-state index in [1.165, 1.54) is 25.9 Å². The number of sulfonamides is 1. The molecule has 1 atom stereocenters. The summed E-state index contributed by atoms with van der Waals surface area (Å²) >= 11 is 0. The molecule has 1 aromatic carbocycles. The van der Waals surface area contributed by atoms with Gasteiger partial charge in [-0.2, -0.15) is 5.10 Å². The number of anilines is 1. The van der Waals surface area contributed by atoms with Crippen molar-refractivity contribution in [2.24, 2.45) is 5.92 Å². The molecule has 0 radical (unpaired) electrons. The molecule has 3 saturated heterocycles. The third kappa shape index (κ3) is 3.06. The Morgan fingerprint density at radius 1 is 1.17 bits per heavy atom. The minimum Gasteiger partial charge on any atom is -0.301 e. The van der Waals surface area contributed by atoms with Crippen LogP contribution in [0.3, 0.4) is 0 Å². The largest absolute Gasteiger partial charge is 0.301 e. The summed E-state index contributed by atoms with van der Waals surface area (Å²) in [6.45, 7) is 3.34. The van der Waals surface area contributed by atoms with Crippen molar-refractivity contribution in [1.82, 2.24) is 14.7 Å². The normalized spacial score (nSPS) is 26.5. The summed E-state index contributed by atoms with van der Waals surface area (Å²) in [5.74, 6) is 1.05. The lowest BCUT2D eigenvalue weighted by Crippen LogP contribution is -2.48. The number of benzene rings is 1. The van der Waals surface area contributed by atoms with Gasteiger partial charge < -0.3 is 4.90 Å². The average molecular weight is 346 g/mol. The van der Waals surface area contributed by atoms with Crippen LogP contribution in [-0.2, 0) is 10.0 Å². The van der Waals surface area contributed by atoms with Gasteiger partial charge in [0.1, 0.15) is 0 Å². The van der Waals surface area contributed by atoms with E-state index in [9.17, 15) is 8.42 Å². The summed E-state index contributed by atoms with van der Waals surface area (Å²) < 4.78 is 28.0. The van der Waals surface area contributed by atoms with E-state index in [0.29, 0.717) is 17.8 Å². The van der Waals surface area contributed by atoms with E-state index in [0.717, 1.165) is 23.9 Å². The molecule has 24 heavy (non-hydrogen) atoms. The van der Waals surface area contributed by atoms with E-state index in [2.05, 4.69) is 14.7 Å². The second-order valence-electron chi connectivity index (χ2n) is 6.82.